The van der Waals surface area contributed by atoms with Crippen LogP contribution in [0.5, 0.6) is 5.75 Å². The number of methoxy groups -OCH3 is 1. The second kappa shape index (κ2) is 5.85. The van der Waals surface area contributed by atoms with Crippen LogP contribution in [0.25, 0.3) is 0 Å². The van der Waals surface area contributed by atoms with Gasteiger partial charge in [0.05, 0.1) is 5.56 Å². The molecule has 3 rings (SSSR count). The highest BCUT2D eigenvalue weighted by Crippen LogP contribution is 2.35. The summed E-state index contributed by atoms with van der Waals surface area (Å²) in [6.07, 6.45) is 0.471. The van der Waals surface area contributed by atoms with Crippen molar-refractivity contribution in [2.75, 3.05) is 12.4 Å². The van der Waals surface area contributed by atoms with Crippen molar-refractivity contribution < 1.29 is 19.4 Å². The van der Waals surface area contributed by atoms with Crippen LogP contribution in [0.3, 0.4) is 0 Å². The summed E-state index contributed by atoms with van der Waals surface area (Å²) < 4.78 is 5.25. The van der Waals surface area contributed by atoms with Crippen LogP contribution in [-0.2, 0) is 4.74 Å². The van der Waals surface area contributed by atoms with Crippen LogP contribution in [-0.4, -0.2) is 30.0 Å². The first-order chi connectivity index (χ1) is 11.1. The predicted molar refractivity (Wildman–Crippen MR) is 86.1 cm³/mol. The van der Waals surface area contributed by atoms with Crippen LogP contribution in [0.2, 0.25) is 0 Å². The molecule has 0 radical (unpaired) electrons. The Bertz CT molecular complexity index is 794. The zero-order chi connectivity index (χ0) is 16.6. The zero-order valence-corrected chi connectivity index (χ0v) is 12.9. The van der Waals surface area contributed by atoms with Crippen LogP contribution >= 0.6 is 0 Å². The first-order valence-corrected chi connectivity index (χ1v) is 7.41. The molecule has 0 saturated carbocycles. The van der Waals surface area contributed by atoms with E-state index >= 15 is 0 Å². The number of nitrogens with one attached hydrogen (secondary N) is 1. The molecule has 2 aromatic rings. The Morgan fingerprint density at radius 2 is 1.74 bits per heavy atom. The van der Waals surface area contributed by atoms with Gasteiger partial charge in [-0.2, -0.15) is 0 Å². The van der Waals surface area contributed by atoms with Gasteiger partial charge in [-0.3, -0.25) is 9.59 Å². The third-order valence-corrected chi connectivity index (χ3v) is 3.99. The van der Waals surface area contributed by atoms with Gasteiger partial charge in [0.2, 0.25) is 0 Å². The molecule has 0 fully saturated rings. The molecule has 5 heteroatoms. The van der Waals surface area contributed by atoms with Gasteiger partial charge in [0.1, 0.15) is 12.0 Å². The van der Waals surface area contributed by atoms with E-state index in [0.29, 0.717) is 23.2 Å². The largest absolute Gasteiger partial charge is 0.507 e. The number of carbonyl (C=O) groups excluding carboxylic acids is 2. The van der Waals surface area contributed by atoms with Crippen molar-refractivity contribution in [3.63, 3.8) is 0 Å². The highest BCUT2D eigenvalue weighted by molar-refractivity contribution is 6.29. The molecule has 118 valence electrons. The van der Waals surface area contributed by atoms with Gasteiger partial charge in [0, 0.05) is 35.6 Å². The van der Waals surface area contributed by atoms with Gasteiger partial charge in [0.15, 0.2) is 11.6 Å². The van der Waals surface area contributed by atoms with E-state index in [9.17, 15) is 14.7 Å². The summed E-state index contributed by atoms with van der Waals surface area (Å²) in [6, 6.07) is 9.68. The Morgan fingerprint density at radius 1 is 1.09 bits per heavy atom. The van der Waals surface area contributed by atoms with Gasteiger partial charge in [-0.25, -0.2) is 0 Å². The second-order valence-corrected chi connectivity index (χ2v) is 5.40. The number of aromatic hydroxyl groups is 1. The van der Waals surface area contributed by atoms with Crippen molar-refractivity contribution in [2.45, 2.75) is 19.6 Å². The van der Waals surface area contributed by atoms with E-state index in [1.807, 2.05) is 6.92 Å². The lowest BCUT2D eigenvalue weighted by molar-refractivity contribution is 0.0976. The van der Waals surface area contributed by atoms with Crippen LogP contribution in [0.4, 0.5) is 5.69 Å². The monoisotopic (exact) mass is 311 g/mol. The standard InChI is InChI=1S/C18H17NO4/c1-3-15(23-2)19-10-8-13-16(14(20)9-10)18(22)12-7-5-4-6-11(12)17(13)21/h4-9,15,19-20H,3H2,1-2H3. The molecule has 0 heterocycles. The minimum atomic E-state index is -0.335. The fourth-order valence-corrected chi connectivity index (χ4v) is 2.80. The highest BCUT2D eigenvalue weighted by atomic mass is 16.5. The normalized spacial score (nSPS) is 14.2. The van der Waals surface area contributed by atoms with Crippen LogP contribution < -0.4 is 5.32 Å². The predicted octanol–water partition coefficient (Wildman–Crippen LogP) is 2.96. The molecule has 2 aromatic carbocycles. The summed E-state index contributed by atoms with van der Waals surface area (Å²) in [6.45, 7) is 1.95. The number of hydrogen-bond acceptors (Lipinski definition) is 5. The third kappa shape index (κ3) is 2.49. The number of phenolic OH excluding ortho intramolecular Hbond substituents is 1. The molecule has 1 aliphatic carbocycles. The van der Waals surface area contributed by atoms with Crippen molar-refractivity contribution in [3.05, 3.63) is 58.7 Å². The van der Waals surface area contributed by atoms with Crippen LogP contribution in [0.1, 0.15) is 45.2 Å². The van der Waals surface area contributed by atoms with E-state index in [-0.39, 0.29) is 34.7 Å². The number of phenols is 1. The Labute approximate surface area is 133 Å². The summed E-state index contributed by atoms with van der Waals surface area (Å²) >= 11 is 0. The zero-order valence-electron chi connectivity index (χ0n) is 12.9. The maximum Gasteiger partial charge on any atom is 0.198 e. The lowest BCUT2D eigenvalue weighted by Crippen LogP contribution is -2.23. The Balaban J connectivity index is 2.10. The summed E-state index contributed by atoms with van der Waals surface area (Å²) in [5.74, 6) is -0.804. The number of anilines is 1. The molecular weight excluding hydrogens is 294 g/mol. The van der Waals surface area contributed by atoms with E-state index in [1.165, 1.54) is 6.07 Å². The number of rotatable bonds is 4. The Morgan fingerprint density at radius 3 is 2.35 bits per heavy atom. The van der Waals surface area contributed by atoms with Gasteiger partial charge < -0.3 is 15.2 Å². The van der Waals surface area contributed by atoms with Gasteiger partial charge >= 0.3 is 0 Å². The van der Waals surface area contributed by atoms with Gasteiger partial charge in [-0.05, 0) is 12.5 Å². The minimum Gasteiger partial charge on any atom is -0.507 e. The Hall–Kier alpha value is -2.66. The molecule has 5 nitrogen and oxygen atoms in total. The number of ketones is 2. The lowest BCUT2D eigenvalue weighted by atomic mass is 9.83. The van der Waals surface area contributed by atoms with E-state index in [2.05, 4.69) is 5.32 Å². The van der Waals surface area contributed by atoms with Gasteiger partial charge in [-0.15, -0.1) is 0 Å². The van der Waals surface area contributed by atoms with Crippen molar-refractivity contribution in [1.29, 1.82) is 0 Å². The smallest absolute Gasteiger partial charge is 0.198 e. The third-order valence-electron chi connectivity index (χ3n) is 3.99. The topological polar surface area (TPSA) is 75.6 Å². The quantitative estimate of drug-likeness (QED) is 0.725. The maximum absolute atomic E-state index is 12.7. The van der Waals surface area contributed by atoms with E-state index in [1.54, 1.807) is 37.4 Å². The molecule has 1 aliphatic rings. The van der Waals surface area contributed by atoms with Crippen molar-refractivity contribution >= 4 is 17.3 Å². The van der Waals surface area contributed by atoms with Crippen molar-refractivity contribution in [3.8, 4) is 5.75 Å². The van der Waals surface area contributed by atoms with E-state index < -0.39 is 0 Å². The molecule has 0 bridgehead atoms. The number of carbonyl (C=O) groups is 2. The van der Waals surface area contributed by atoms with Crippen molar-refractivity contribution in [1.82, 2.24) is 0 Å². The van der Waals surface area contributed by atoms with Gasteiger partial charge in [0.25, 0.3) is 0 Å². The molecule has 1 atom stereocenters. The summed E-state index contributed by atoms with van der Waals surface area (Å²) in [7, 11) is 1.57. The van der Waals surface area contributed by atoms with Crippen LogP contribution in [0, 0.1) is 0 Å². The molecule has 0 saturated heterocycles. The molecule has 1 unspecified atom stereocenters. The average molecular weight is 311 g/mol. The number of benzene rings is 2. The SMILES string of the molecule is CCC(Nc1cc(O)c2c(c1)C(=O)c1ccccc1C2=O)OC. The first-order valence-electron chi connectivity index (χ1n) is 7.41. The Kier molecular flexibility index (Phi) is 3.88. The molecule has 0 aliphatic heterocycles. The average Bonchev–Trinajstić information content (AvgIpc) is 2.57. The highest BCUT2D eigenvalue weighted by Gasteiger charge is 2.32. The van der Waals surface area contributed by atoms with Gasteiger partial charge in [-0.1, -0.05) is 31.2 Å². The number of hydrogen-bond donors (Lipinski definition) is 2. The molecule has 23 heavy (non-hydrogen) atoms. The molecule has 0 amide bonds. The number of fused-ring (bicyclic) bond motifs is 2. The summed E-state index contributed by atoms with van der Waals surface area (Å²) in [4.78, 5) is 25.2. The number of ether oxygens (including phenoxy) is 1. The summed E-state index contributed by atoms with van der Waals surface area (Å²) in [5, 5.41) is 13.3. The maximum atomic E-state index is 12.7. The molecule has 0 spiro atoms. The first kappa shape index (κ1) is 15.2. The second-order valence-electron chi connectivity index (χ2n) is 5.40. The fourth-order valence-electron chi connectivity index (χ4n) is 2.80. The van der Waals surface area contributed by atoms with Crippen molar-refractivity contribution in [2.24, 2.45) is 0 Å². The van der Waals surface area contributed by atoms with E-state index in [4.69, 9.17) is 4.74 Å². The van der Waals surface area contributed by atoms with Crippen LogP contribution in [0.15, 0.2) is 36.4 Å². The molecule has 2 N–H and O–H groups in total. The molecule has 0 aromatic heterocycles. The minimum absolute atomic E-state index is 0.0599. The van der Waals surface area contributed by atoms with E-state index in [0.717, 1.165) is 0 Å². The summed E-state index contributed by atoms with van der Waals surface area (Å²) in [5.41, 5.74) is 1.49. The lowest BCUT2D eigenvalue weighted by Gasteiger charge is -2.21. The molecular formula is C18H17NO4. The fraction of sp³-hybridized carbons (Fsp3) is 0.222.